The van der Waals surface area contributed by atoms with Crippen molar-refractivity contribution in [1.29, 1.82) is 0 Å². The van der Waals surface area contributed by atoms with Gasteiger partial charge in [-0.3, -0.25) is 24.2 Å². The number of fused-ring (bicyclic) bond motifs is 4. The number of ketones is 1. The molecule has 10 heteroatoms. The van der Waals surface area contributed by atoms with Crippen molar-refractivity contribution in [2.75, 3.05) is 33.0 Å². The number of aliphatic hydroxyl groups is 1. The normalized spacial score (nSPS) is 38.5. The highest BCUT2D eigenvalue weighted by molar-refractivity contribution is 6.15. The first kappa shape index (κ1) is 32.6. The molecule has 1 amide bonds. The second-order valence-electron chi connectivity index (χ2n) is 16.1. The van der Waals surface area contributed by atoms with Crippen LogP contribution in [0.3, 0.4) is 0 Å². The van der Waals surface area contributed by atoms with E-state index >= 15 is 0 Å². The SMILES string of the molecule is CN[C@]12CN3[C@H](CC(OC(=O)[C@H](C(C)C)N(C)C)C[C@@H]3C)C[C@]1(O)C(C)(C)[C@]1(C2)C(=O)Nc2c(C(=O)[C@H]3OC3(C)C)cccc21. The number of esters is 1. The highest BCUT2D eigenvalue weighted by atomic mass is 16.6. The van der Waals surface area contributed by atoms with Gasteiger partial charge in [-0.1, -0.05) is 39.8 Å². The largest absolute Gasteiger partial charge is 0.461 e. The molecule has 0 radical (unpaired) electrons. The Bertz CT molecular complexity index is 1420. The molecule has 8 atom stereocenters. The molecule has 1 aromatic carbocycles. The van der Waals surface area contributed by atoms with Gasteiger partial charge in [-0.05, 0) is 78.7 Å². The molecule has 1 aromatic rings. The summed E-state index contributed by atoms with van der Waals surface area (Å²) in [5, 5.41) is 19.7. The van der Waals surface area contributed by atoms with Crippen LogP contribution in [0.1, 0.15) is 90.1 Å². The van der Waals surface area contributed by atoms with Crippen molar-refractivity contribution in [3.63, 3.8) is 0 Å². The number of carbonyl (C=O) groups is 3. The number of Topliss-reactive ketones (excluding diaryl/α,β-unsaturated/α-hetero) is 1. The number of likely N-dealkylation sites (N-methyl/N-ethyl adjacent to an activating group) is 2. The van der Waals surface area contributed by atoms with Crippen LogP contribution in [0.5, 0.6) is 0 Å². The van der Waals surface area contributed by atoms with Gasteiger partial charge in [0.15, 0.2) is 5.78 Å². The van der Waals surface area contributed by atoms with Gasteiger partial charge in [0.25, 0.3) is 0 Å². The Hall–Kier alpha value is -2.37. The first-order valence-corrected chi connectivity index (χ1v) is 16.6. The first-order valence-electron chi connectivity index (χ1n) is 16.6. The minimum atomic E-state index is -1.29. The molecule has 1 spiro atoms. The summed E-state index contributed by atoms with van der Waals surface area (Å²) in [6, 6.07) is 5.31. The molecule has 0 aromatic heterocycles. The lowest BCUT2D eigenvalue weighted by Crippen LogP contribution is -2.75. The van der Waals surface area contributed by atoms with Gasteiger partial charge in [0.05, 0.1) is 27.8 Å². The monoisotopic (exact) mass is 624 g/mol. The summed E-state index contributed by atoms with van der Waals surface area (Å²) < 4.78 is 11.8. The number of nitrogens with one attached hydrogen (secondary N) is 2. The van der Waals surface area contributed by atoms with Gasteiger partial charge in [-0.25, -0.2) is 0 Å². The van der Waals surface area contributed by atoms with Crippen LogP contribution >= 0.6 is 0 Å². The van der Waals surface area contributed by atoms with E-state index in [1.807, 2.05) is 79.7 Å². The van der Waals surface area contributed by atoms with Crippen molar-refractivity contribution in [1.82, 2.24) is 15.1 Å². The van der Waals surface area contributed by atoms with Gasteiger partial charge in [0, 0.05) is 36.0 Å². The van der Waals surface area contributed by atoms with Gasteiger partial charge in [-0.2, -0.15) is 0 Å². The number of piperidine rings is 2. The van der Waals surface area contributed by atoms with E-state index in [0.717, 1.165) is 5.56 Å². The number of hydrogen-bond donors (Lipinski definition) is 3. The lowest BCUT2D eigenvalue weighted by molar-refractivity contribution is -0.185. The van der Waals surface area contributed by atoms with Crippen molar-refractivity contribution in [2.24, 2.45) is 11.3 Å². The summed E-state index contributed by atoms with van der Waals surface area (Å²) in [5.74, 6) is -0.404. The Morgan fingerprint density at radius 2 is 1.84 bits per heavy atom. The van der Waals surface area contributed by atoms with Gasteiger partial charge in [0.1, 0.15) is 18.2 Å². The van der Waals surface area contributed by atoms with Gasteiger partial charge in [-0.15, -0.1) is 0 Å². The number of nitrogens with zero attached hydrogens (tertiary/aromatic N) is 2. The predicted octanol–water partition coefficient (Wildman–Crippen LogP) is 3.11. The molecule has 5 aliphatic rings. The van der Waals surface area contributed by atoms with E-state index < -0.39 is 33.7 Å². The molecule has 10 nitrogen and oxygen atoms in total. The van der Waals surface area contributed by atoms with Gasteiger partial charge < -0.3 is 25.2 Å². The van der Waals surface area contributed by atoms with Crippen LogP contribution in [-0.2, 0) is 24.5 Å². The Morgan fingerprint density at radius 1 is 1.18 bits per heavy atom. The molecular weight excluding hydrogens is 572 g/mol. The zero-order chi connectivity index (χ0) is 33.1. The lowest BCUT2D eigenvalue weighted by atomic mass is 9.57. The van der Waals surface area contributed by atoms with Crippen LogP contribution in [0.4, 0.5) is 5.69 Å². The highest BCUT2D eigenvalue weighted by Gasteiger charge is 2.79. The third-order valence-electron chi connectivity index (χ3n) is 12.5. The maximum absolute atomic E-state index is 14.4. The average Bonchev–Trinajstić information content (AvgIpc) is 3.42. The van der Waals surface area contributed by atoms with E-state index in [0.29, 0.717) is 43.5 Å². The fourth-order valence-electron chi connectivity index (χ4n) is 9.91. The third-order valence-corrected chi connectivity index (χ3v) is 12.5. The van der Waals surface area contributed by atoms with E-state index in [4.69, 9.17) is 9.47 Å². The van der Waals surface area contributed by atoms with Crippen LogP contribution in [0.25, 0.3) is 0 Å². The number of para-hydroxylation sites is 1. The Balaban J connectivity index is 1.35. The van der Waals surface area contributed by atoms with E-state index in [-0.39, 0.29) is 47.8 Å². The third kappa shape index (κ3) is 4.35. The predicted molar refractivity (Wildman–Crippen MR) is 171 cm³/mol. The van der Waals surface area contributed by atoms with Crippen LogP contribution in [0.15, 0.2) is 18.2 Å². The topological polar surface area (TPSA) is 124 Å². The molecule has 1 saturated carbocycles. The molecule has 4 fully saturated rings. The maximum Gasteiger partial charge on any atom is 0.323 e. The smallest absolute Gasteiger partial charge is 0.323 e. The fourth-order valence-corrected chi connectivity index (χ4v) is 9.91. The van der Waals surface area contributed by atoms with Crippen molar-refractivity contribution in [3.8, 4) is 0 Å². The first-order chi connectivity index (χ1) is 20.9. The fraction of sp³-hybridized carbons (Fsp3) is 0.743. The Kier molecular flexibility index (Phi) is 7.46. The summed E-state index contributed by atoms with van der Waals surface area (Å²) in [5.41, 5.74) is -2.83. The molecule has 1 unspecified atom stereocenters. The number of carbonyl (C=O) groups excluding carboxylic acids is 3. The number of hydrogen-bond acceptors (Lipinski definition) is 9. The minimum Gasteiger partial charge on any atom is -0.461 e. The number of benzene rings is 1. The van der Waals surface area contributed by atoms with Crippen LogP contribution in [0.2, 0.25) is 0 Å². The van der Waals surface area contributed by atoms with Crippen LogP contribution < -0.4 is 10.6 Å². The molecular formula is C35H52N4O6. The molecule has 0 bridgehead atoms. The molecule has 1 aliphatic carbocycles. The summed E-state index contributed by atoms with van der Waals surface area (Å²) in [6.45, 7) is 14.6. The lowest BCUT2D eigenvalue weighted by Gasteiger charge is -2.60. The quantitative estimate of drug-likeness (QED) is 0.239. The summed E-state index contributed by atoms with van der Waals surface area (Å²) in [4.78, 5) is 45.5. The van der Waals surface area contributed by atoms with E-state index in [9.17, 15) is 19.5 Å². The van der Waals surface area contributed by atoms with E-state index in [1.54, 1.807) is 6.07 Å². The molecule has 248 valence electrons. The molecule has 45 heavy (non-hydrogen) atoms. The number of anilines is 1. The van der Waals surface area contributed by atoms with Crippen LogP contribution in [0, 0.1) is 11.3 Å². The Morgan fingerprint density at radius 3 is 2.42 bits per heavy atom. The maximum atomic E-state index is 14.4. The van der Waals surface area contributed by atoms with Crippen molar-refractivity contribution in [3.05, 3.63) is 29.3 Å². The summed E-state index contributed by atoms with van der Waals surface area (Å²) in [6.07, 6.45) is 1.34. The number of amides is 1. The molecule has 3 saturated heterocycles. The van der Waals surface area contributed by atoms with E-state index in [2.05, 4.69) is 22.5 Å². The minimum absolute atomic E-state index is 0.0320. The zero-order valence-electron chi connectivity index (χ0n) is 28.6. The average molecular weight is 625 g/mol. The highest BCUT2D eigenvalue weighted by Crippen LogP contribution is 2.69. The van der Waals surface area contributed by atoms with Crippen molar-refractivity contribution in [2.45, 2.75) is 127 Å². The van der Waals surface area contributed by atoms with Crippen molar-refractivity contribution >= 4 is 23.3 Å². The summed E-state index contributed by atoms with van der Waals surface area (Å²) >= 11 is 0. The second-order valence-corrected chi connectivity index (χ2v) is 16.1. The molecule has 3 N–H and O–H groups in total. The Labute approximate surface area is 267 Å². The number of epoxide rings is 1. The standard InChI is InChI=1S/C35H52N4O6/c1-19(2)26(38(9)10)29(41)44-22-14-20(3)39-18-33(36-8)17-34(32(6,7)35(33,43)16-21(39)15-22)24-13-11-12-23(25(24)37-30(34)42)27(40)28-31(4,5)45-28/h11-13,19-22,26,28,36,43H,14-18H2,1-10H3,(H,37,42)/t20-,21+,22?,26-,28+,33+,34-,35-/m0/s1. The van der Waals surface area contributed by atoms with Gasteiger partial charge >= 0.3 is 5.97 Å². The zero-order valence-corrected chi connectivity index (χ0v) is 28.6. The second kappa shape index (κ2) is 10.3. The van der Waals surface area contributed by atoms with E-state index in [1.165, 1.54) is 0 Å². The molecule has 6 rings (SSSR count). The van der Waals surface area contributed by atoms with Crippen LogP contribution in [-0.4, -0.2) is 107 Å². The number of rotatable bonds is 7. The molecule has 4 aliphatic heterocycles. The van der Waals surface area contributed by atoms with Crippen molar-refractivity contribution < 1.29 is 29.0 Å². The number of ether oxygens (including phenoxy) is 2. The molecule has 4 heterocycles. The van der Waals surface area contributed by atoms with Gasteiger partial charge in [0.2, 0.25) is 5.91 Å². The summed E-state index contributed by atoms with van der Waals surface area (Å²) in [7, 11) is 5.69.